The van der Waals surface area contributed by atoms with Crippen LogP contribution in [0.1, 0.15) is 40.0 Å². The molecule has 17 heavy (non-hydrogen) atoms. The van der Waals surface area contributed by atoms with E-state index in [0.717, 1.165) is 15.6 Å². The van der Waals surface area contributed by atoms with Gasteiger partial charge >= 0.3 is 0 Å². The second-order valence-electron chi connectivity index (χ2n) is 5.02. The molecule has 2 heteroatoms. The number of nitrogens with zero attached hydrogens (tertiary/aromatic N) is 1. The number of hydrogen-bond donors (Lipinski definition) is 0. The number of rotatable bonds is 8. The molecule has 0 bridgehead atoms. The van der Waals surface area contributed by atoms with Crippen molar-refractivity contribution in [3.63, 3.8) is 0 Å². The summed E-state index contributed by atoms with van der Waals surface area (Å²) >= 11 is 0. The SMILES string of the molecule is CCCCCN(CC(C)C)[Si]c1ccccc1. The first-order valence-corrected chi connectivity index (χ1v) is 7.73. The zero-order chi connectivity index (χ0) is 12.5. The minimum absolute atomic E-state index is 0.757. The van der Waals surface area contributed by atoms with Gasteiger partial charge in [0.2, 0.25) is 0 Å². The lowest BCUT2D eigenvalue weighted by Gasteiger charge is -2.23. The predicted molar refractivity (Wildman–Crippen MR) is 77.8 cm³/mol. The summed E-state index contributed by atoms with van der Waals surface area (Å²) in [5, 5.41) is 1.46. The monoisotopic (exact) mass is 247 g/mol. The van der Waals surface area contributed by atoms with E-state index in [1.54, 1.807) is 0 Å². The van der Waals surface area contributed by atoms with Gasteiger partial charge in [0.1, 0.15) is 0 Å². The number of benzene rings is 1. The smallest absolute Gasteiger partial charge is 0.182 e. The fourth-order valence-electron chi connectivity index (χ4n) is 1.88. The normalized spacial score (nSPS) is 11.4. The lowest BCUT2D eigenvalue weighted by atomic mass is 10.2. The van der Waals surface area contributed by atoms with Crippen LogP contribution in [0.4, 0.5) is 0 Å². The predicted octanol–water partition coefficient (Wildman–Crippen LogP) is 3.08. The van der Waals surface area contributed by atoms with Gasteiger partial charge in [0, 0.05) is 0 Å². The van der Waals surface area contributed by atoms with E-state index in [-0.39, 0.29) is 0 Å². The Kier molecular flexibility index (Phi) is 7.21. The van der Waals surface area contributed by atoms with Crippen LogP contribution in [0.5, 0.6) is 0 Å². The third-order valence-electron chi connectivity index (χ3n) is 2.68. The van der Waals surface area contributed by atoms with Crippen LogP contribution in [0.2, 0.25) is 0 Å². The number of hydrogen-bond acceptors (Lipinski definition) is 1. The molecule has 0 aromatic heterocycles. The van der Waals surface area contributed by atoms with E-state index in [2.05, 4.69) is 55.7 Å². The molecule has 0 saturated heterocycles. The van der Waals surface area contributed by atoms with E-state index in [9.17, 15) is 0 Å². The van der Waals surface area contributed by atoms with Crippen LogP contribution < -0.4 is 5.19 Å². The molecule has 0 unspecified atom stereocenters. The highest BCUT2D eigenvalue weighted by Crippen LogP contribution is 2.02. The Morgan fingerprint density at radius 2 is 1.82 bits per heavy atom. The zero-order valence-electron chi connectivity index (χ0n) is 11.4. The molecule has 1 nitrogen and oxygen atoms in total. The molecular formula is C15H25NSi. The first kappa shape index (κ1) is 14.5. The third-order valence-corrected chi connectivity index (χ3v) is 3.99. The van der Waals surface area contributed by atoms with Gasteiger partial charge in [-0.3, -0.25) is 0 Å². The molecule has 0 amide bonds. The molecule has 0 aliphatic carbocycles. The van der Waals surface area contributed by atoms with Crippen molar-refractivity contribution in [1.82, 2.24) is 4.57 Å². The molecular weight excluding hydrogens is 222 g/mol. The Labute approximate surface area is 109 Å². The highest BCUT2D eigenvalue weighted by molar-refractivity contribution is 6.50. The van der Waals surface area contributed by atoms with Crippen molar-refractivity contribution in [2.45, 2.75) is 40.0 Å². The lowest BCUT2D eigenvalue weighted by molar-refractivity contribution is 0.377. The Bertz CT molecular complexity index is 284. The zero-order valence-corrected chi connectivity index (χ0v) is 12.4. The van der Waals surface area contributed by atoms with Gasteiger partial charge in [-0.15, -0.1) is 0 Å². The molecule has 0 spiro atoms. The largest absolute Gasteiger partial charge is 0.321 e. The van der Waals surface area contributed by atoms with E-state index in [1.807, 2.05) is 0 Å². The molecule has 0 saturated carbocycles. The van der Waals surface area contributed by atoms with Crippen LogP contribution in [-0.2, 0) is 0 Å². The van der Waals surface area contributed by atoms with Crippen LogP contribution in [0.15, 0.2) is 30.3 Å². The quantitative estimate of drug-likeness (QED) is 0.504. The highest BCUT2D eigenvalue weighted by atomic mass is 28.2. The molecule has 0 atom stereocenters. The molecule has 1 aromatic rings. The summed E-state index contributed by atoms with van der Waals surface area (Å²) in [5.74, 6) is 0.757. The Morgan fingerprint density at radius 3 is 2.41 bits per heavy atom. The van der Waals surface area contributed by atoms with Crippen molar-refractivity contribution in [3.05, 3.63) is 30.3 Å². The van der Waals surface area contributed by atoms with Crippen LogP contribution >= 0.6 is 0 Å². The molecule has 0 aliphatic heterocycles. The lowest BCUT2D eigenvalue weighted by Crippen LogP contribution is -2.38. The van der Waals surface area contributed by atoms with Gasteiger partial charge in [-0.2, -0.15) is 0 Å². The van der Waals surface area contributed by atoms with Gasteiger partial charge in [-0.05, 0) is 30.6 Å². The molecule has 94 valence electrons. The molecule has 2 radical (unpaired) electrons. The minimum atomic E-state index is 0.757. The second-order valence-corrected chi connectivity index (χ2v) is 6.46. The fraction of sp³-hybridized carbons (Fsp3) is 0.600. The van der Waals surface area contributed by atoms with Crippen LogP contribution in [0.25, 0.3) is 0 Å². The first-order valence-electron chi connectivity index (χ1n) is 6.79. The van der Waals surface area contributed by atoms with Gasteiger partial charge in [-0.1, -0.05) is 63.9 Å². The van der Waals surface area contributed by atoms with Crippen molar-refractivity contribution < 1.29 is 0 Å². The summed E-state index contributed by atoms with van der Waals surface area (Å²) in [5.41, 5.74) is 0. The third kappa shape index (κ3) is 6.64. The van der Waals surface area contributed by atoms with Crippen molar-refractivity contribution in [3.8, 4) is 0 Å². The molecule has 1 rings (SSSR count). The maximum atomic E-state index is 2.62. The first-order chi connectivity index (χ1) is 8.22. The Morgan fingerprint density at radius 1 is 1.12 bits per heavy atom. The van der Waals surface area contributed by atoms with Crippen molar-refractivity contribution >= 4 is 14.9 Å². The van der Waals surface area contributed by atoms with E-state index in [4.69, 9.17) is 0 Å². The minimum Gasteiger partial charge on any atom is -0.321 e. The van der Waals surface area contributed by atoms with Gasteiger partial charge in [0.25, 0.3) is 0 Å². The van der Waals surface area contributed by atoms with E-state index >= 15 is 0 Å². The van der Waals surface area contributed by atoms with Crippen molar-refractivity contribution in [2.75, 3.05) is 13.1 Å². The Hall–Kier alpha value is -0.603. The Balaban J connectivity index is 2.45. The van der Waals surface area contributed by atoms with Gasteiger partial charge in [-0.25, -0.2) is 0 Å². The summed E-state index contributed by atoms with van der Waals surface area (Å²) in [6, 6.07) is 10.9. The maximum Gasteiger partial charge on any atom is 0.182 e. The van der Waals surface area contributed by atoms with Crippen LogP contribution in [0.3, 0.4) is 0 Å². The van der Waals surface area contributed by atoms with Crippen molar-refractivity contribution in [1.29, 1.82) is 0 Å². The summed E-state index contributed by atoms with van der Waals surface area (Å²) in [6.07, 6.45) is 4.00. The van der Waals surface area contributed by atoms with Gasteiger partial charge in [0.15, 0.2) is 9.68 Å². The summed E-state index contributed by atoms with van der Waals surface area (Å²) in [7, 11) is 0.833. The molecule has 1 aromatic carbocycles. The topological polar surface area (TPSA) is 3.24 Å². The number of unbranched alkanes of at least 4 members (excludes halogenated alkanes) is 2. The average molecular weight is 247 g/mol. The van der Waals surface area contributed by atoms with E-state index < -0.39 is 0 Å². The molecule has 0 N–H and O–H groups in total. The van der Waals surface area contributed by atoms with Crippen LogP contribution in [0, 0.1) is 5.92 Å². The molecule has 0 heterocycles. The van der Waals surface area contributed by atoms with Crippen LogP contribution in [-0.4, -0.2) is 27.3 Å². The standard InChI is InChI=1S/C15H25NSi/c1-4-5-9-12-16(13-14(2)3)17-15-10-7-6-8-11-15/h6-8,10-11,14H,4-5,9,12-13H2,1-3H3. The summed E-state index contributed by atoms with van der Waals surface area (Å²) < 4.78 is 2.62. The molecule has 0 fully saturated rings. The van der Waals surface area contributed by atoms with Crippen molar-refractivity contribution in [2.24, 2.45) is 5.92 Å². The maximum absolute atomic E-state index is 2.62. The van der Waals surface area contributed by atoms with Gasteiger partial charge < -0.3 is 4.57 Å². The molecule has 0 aliphatic rings. The highest BCUT2D eigenvalue weighted by Gasteiger charge is 2.09. The van der Waals surface area contributed by atoms with E-state index in [1.165, 1.54) is 37.5 Å². The average Bonchev–Trinajstić information content (AvgIpc) is 2.30. The fourth-order valence-corrected chi connectivity index (χ4v) is 3.31. The second kappa shape index (κ2) is 8.48. The summed E-state index contributed by atoms with van der Waals surface area (Å²) in [4.78, 5) is 0. The van der Waals surface area contributed by atoms with E-state index in [0.29, 0.717) is 0 Å². The summed E-state index contributed by atoms with van der Waals surface area (Å²) in [6.45, 7) is 9.35. The van der Waals surface area contributed by atoms with Gasteiger partial charge in [0.05, 0.1) is 0 Å².